The molecule has 0 unspecified atom stereocenters. The molecular weight excluding hydrogens is 393 g/mol. The number of hydrogen-bond acceptors (Lipinski definition) is 3. The Kier molecular flexibility index (Phi) is 6.26. The van der Waals surface area contributed by atoms with Crippen molar-refractivity contribution >= 4 is 0 Å². The SMILES string of the molecule is OC[C@]1(Cc2ccc(F)cc2)CN(Cc2ccc(F)c(C(F)(F)F)c2)CC[C@@H]1O. The van der Waals surface area contributed by atoms with Gasteiger partial charge in [0.25, 0.3) is 0 Å². The molecule has 2 aromatic rings. The predicted molar refractivity (Wildman–Crippen MR) is 96.9 cm³/mol. The quantitative estimate of drug-likeness (QED) is 0.731. The first kappa shape index (κ1) is 21.7. The Labute approximate surface area is 165 Å². The Bertz CT molecular complexity index is 840. The summed E-state index contributed by atoms with van der Waals surface area (Å²) < 4.78 is 65.6. The minimum atomic E-state index is -4.78. The molecule has 0 saturated carbocycles. The van der Waals surface area contributed by atoms with Crippen molar-refractivity contribution in [1.29, 1.82) is 0 Å². The molecular formula is C21H22F5NO2. The molecule has 1 heterocycles. The summed E-state index contributed by atoms with van der Waals surface area (Å²) in [5.74, 6) is -1.72. The second kappa shape index (κ2) is 8.38. The molecule has 0 radical (unpaired) electrons. The monoisotopic (exact) mass is 415 g/mol. The molecule has 2 atom stereocenters. The van der Waals surface area contributed by atoms with Crippen molar-refractivity contribution in [3.8, 4) is 0 Å². The maximum absolute atomic E-state index is 13.5. The molecule has 8 heteroatoms. The van der Waals surface area contributed by atoms with Crippen molar-refractivity contribution in [2.24, 2.45) is 5.41 Å². The van der Waals surface area contributed by atoms with E-state index in [9.17, 15) is 32.2 Å². The van der Waals surface area contributed by atoms with Gasteiger partial charge in [-0.2, -0.15) is 13.2 Å². The molecule has 158 valence electrons. The van der Waals surface area contributed by atoms with Crippen LogP contribution in [0, 0.1) is 17.0 Å². The summed E-state index contributed by atoms with van der Waals surface area (Å²) in [6, 6.07) is 8.64. The van der Waals surface area contributed by atoms with Crippen LogP contribution in [0.5, 0.6) is 0 Å². The highest BCUT2D eigenvalue weighted by atomic mass is 19.4. The lowest BCUT2D eigenvalue weighted by molar-refractivity contribution is -0.140. The minimum Gasteiger partial charge on any atom is -0.396 e. The maximum Gasteiger partial charge on any atom is 0.419 e. The Balaban J connectivity index is 1.79. The Hall–Kier alpha value is -2.03. The summed E-state index contributed by atoms with van der Waals surface area (Å²) in [5, 5.41) is 20.6. The molecule has 1 aliphatic heterocycles. The van der Waals surface area contributed by atoms with Crippen LogP contribution in [-0.4, -0.2) is 40.9 Å². The summed E-state index contributed by atoms with van der Waals surface area (Å²) in [4.78, 5) is 1.83. The van der Waals surface area contributed by atoms with Gasteiger partial charge >= 0.3 is 6.18 Å². The number of alkyl halides is 3. The molecule has 0 aliphatic carbocycles. The van der Waals surface area contributed by atoms with Gasteiger partial charge in [-0.1, -0.05) is 18.2 Å². The lowest BCUT2D eigenvalue weighted by Crippen LogP contribution is -2.54. The number of aliphatic hydroxyl groups excluding tert-OH is 2. The van der Waals surface area contributed by atoms with E-state index in [1.165, 1.54) is 18.2 Å². The van der Waals surface area contributed by atoms with Crippen LogP contribution >= 0.6 is 0 Å². The third kappa shape index (κ3) is 4.94. The molecule has 0 aromatic heterocycles. The fourth-order valence-electron chi connectivity index (χ4n) is 3.92. The number of halogens is 5. The standard InChI is InChI=1S/C21H22F5NO2/c22-16-4-1-14(2-5-16)10-20(13-28)12-27(8-7-19(20)29)11-15-3-6-18(23)17(9-15)21(24,25)26/h1-6,9,19,28-29H,7-8,10-13H2/t19-,20-/m0/s1. The number of nitrogens with zero attached hydrogens (tertiary/aromatic N) is 1. The second-order valence-corrected chi connectivity index (χ2v) is 7.65. The van der Waals surface area contributed by atoms with Crippen molar-refractivity contribution in [3.63, 3.8) is 0 Å². The highest BCUT2D eigenvalue weighted by Gasteiger charge is 2.42. The highest BCUT2D eigenvalue weighted by molar-refractivity contribution is 5.27. The molecule has 0 bridgehead atoms. The Morgan fingerprint density at radius 2 is 1.69 bits per heavy atom. The normalized spacial score (nSPS) is 23.3. The van der Waals surface area contributed by atoms with E-state index in [4.69, 9.17) is 0 Å². The number of hydrogen-bond donors (Lipinski definition) is 2. The molecule has 0 spiro atoms. The first-order valence-corrected chi connectivity index (χ1v) is 9.24. The van der Waals surface area contributed by atoms with E-state index in [0.717, 1.165) is 17.7 Å². The summed E-state index contributed by atoms with van der Waals surface area (Å²) in [6.07, 6.45) is -4.98. The van der Waals surface area contributed by atoms with Crippen molar-refractivity contribution in [2.45, 2.75) is 31.7 Å². The van der Waals surface area contributed by atoms with Crippen LogP contribution < -0.4 is 0 Å². The van der Waals surface area contributed by atoms with E-state index >= 15 is 0 Å². The van der Waals surface area contributed by atoms with Crippen molar-refractivity contribution in [3.05, 3.63) is 70.8 Å². The Morgan fingerprint density at radius 3 is 2.31 bits per heavy atom. The molecule has 3 rings (SSSR count). The van der Waals surface area contributed by atoms with Gasteiger partial charge in [-0.15, -0.1) is 0 Å². The summed E-state index contributed by atoms with van der Waals surface area (Å²) in [5.41, 5.74) is -1.21. The minimum absolute atomic E-state index is 0.126. The van der Waals surface area contributed by atoms with Gasteiger partial charge in [0.2, 0.25) is 0 Å². The van der Waals surface area contributed by atoms with Crippen LogP contribution in [-0.2, 0) is 19.1 Å². The average Bonchev–Trinajstić information content (AvgIpc) is 2.67. The third-order valence-corrected chi connectivity index (χ3v) is 5.49. The first-order valence-electron chi connectivity index (χ1n) is 9.24. The van der Waals surface area contributed by atoms with Crippen LogP contribution in [0.4, 0.5) is 22.0 Å². The highest BCUT2D eigenvalue weighted by Crippen LogP contribution is 2.36. The molecule has 2 aromatic carbocycles. The van der Waals surface area contributed by atoms with E-state index in [1.807, 2.05) is 4.90 Å². The van der Waals surface area contributed by atoms with Crippen LogP contribution in [0.2, 0.25) is 0 Å². The molecule has 1 saturated heterocycles. The molecule has 1 aliphatic rings. The van der Waals surface area contributed by atoms with Gasteiger partial charge in [-0.05, 0) is 48.2 Å². The van der Waals surface area contributed by atoms with Gasteiger partial charge in [0, 0.05) is 25.0 Å². The third-order valence-electron chi connectivity index (χ3n) is 5.49. The van der Waals surface area contributed by atoms with E-state index < -0.39 is 34.9 Å². The summed E-state index contributed by atoms with van der Waals surface area (Å²) >= 11 is 0. The van der Waals surface area contributed by atoms with E-state index in [0.29, 0.717) is 24.9 Å². The van der Waals surface area contributed by atoms with Gasteiger partial charge < -0.3 is 10.2 Å². The van der Waals surface area contributed by atoms with Crippen molar-refractivity contribution in [1.82, 2.24) is 4.90 Å². The number of rotatable bonds is 5. The van der Waals surface area contributed by atoms with Gasteiger partial charge in [0.05, 0.1) is 18.3 Å². The number of piperidine rings is 1. The van der Waals surface area contributed by atoms with Crippen LogP contribution in [0.3, 0.4) is 0 Å². The smallest absolute Gasteiger partial charge is 0.396 e. The molecule has 1 fully saturated rings. The zero-order chi connectivity index (χ0) is 21.2. The van der Waals surface area contributed by atoms with E-state index in [-0.39, 0.29) is 19.7 Å². The molecule has 29 heavy (non-hydrogen) atoms. The Morgan fingerprint density at radius 1 is 1.03 bits per heavy atom. The molecule has 0 amide bonds. The van der Waals surface area contributed by atoms with Gasteiger partial charge in [0.1, 0.15) is 11.6 Å². The second-order valence-electron chi connectivity index (χ2n) is 7.65. The topological polar surface area (TPSA) is 43.7 Å². The van der Waals surface area contributed by atoms with Crippen molar-refractivity contribution < 1.29 is 32.2 Å². The van der Waals surface area contributed by atoms with Crippen molar-refractivity contribution in [2.75, 3.05) is 19.7 Å². The predicted octanol–water partition coefficient (Wildman–Crippen LogP) is 3.77. The maximum atomic E-state index is 13.5. The lowest BCUT2D eigenvalue weighted by atomic mass is 9.73. The summed E-state index contributed by atoms with van der Waals surface area (Å²) in [6.45, 7) is 0.451. The zero-order valence-electron chi connectivity index (χ0n) is 15.6. The summed E-state index contributed by atoms with van der Waals surface area (Å²) in [7, 11) is 0. The fourth-order valence-corrected chi connectivity index (χ4v) is 3.92. The van der Waals surface area contributed by atoms with Gasteiger partial charge in [0.15, 0.2) is 0 Å². The van der Waals surface area contributed by atoms with E-state index in [1.54, 1.807) is 12.1 Å². The molecule has 3 nitrogen and oxygen atoms in total. The van der Waals surface area contributed by atoms with Gasteiger partial charge in [-0.25, -0.2) is 8.78 Å². The van der Waals surface area contributed by atoms with Crippen LogP contribution in [0.1, 0.15) is 23.1 Å². The lowest BCUT2D eigenvalue weighted by Gasteiger charge is -2.45. The fraction of sp³-hybridized carbons (Fsp3) is 0.429. The number of aliphatic hydroxyl groups is 2. The van der Waals surface area contributed by atoms with Crippen LogP contribution in [0.25, 0.3) is 0 Å². The van der Waals surface area contributed by atoms with Gasteiger partial charge in [-0.3, -0.25) is 4.90 Å². The average molecular weight is 415 g/mol. The van der Waals surface area contributed by atoms with E-state index in [2.05, 4.69) is 0 Å². The zero-order valence-corrected chi connectivity index (χ0v) is 15.6. The molecule has 2 N–H and O–H groups in total. The van der Waals surface area contributed by atoms with Crippen LogP contribution in [0.15, 0.2) is 42.5 Å². The largest absolute Gasteiger partial charge is 0.419 e. The first-order chi connectivity index (χ1) is 13.6. The number of benzene rings is 2. The number of likely N-dealkylation sites (tertiary alicyclic amines) is 1.